The number of rotatable bonds is 13. The number of likely N-dealkylation sites (tertiary alicyclic amines) is 1. The average molecular weight is 590 g/mol. The Bertz CT molecular complexity index is 1320. The first-order valence-corrected chi connectivity index (χ1v) is 14.4. The third kappa shape index (κ3) is 8.95. The SMILES string of the molecule is CO[C@@H](C(=O)N[C@H]1CCCCN(Cc2ccc(-c3ccccc3)cc2)C1=O)[C@H](O)[C@@H](O)[C@H](O)C=NOCc1ccccc1. The molecule has 0 saturated carbocycles. The van der Waals surface area contributed by atoms with Crippen molar-refractivity contribution in [3.05, 3.63) is 96.1 Å². The summed E-state index contributed by atoms with van der Waals surface area (Å²) in [4.78, 5) is 33.4. The number of aliphatic hydroxyl groups excluding tert-OH is 3. The summed E-state index contributed by atoms with van der Waals surface area (Å²) >= 11 is 0. The van der Waals surface area contributed by atoms with Crippen LogP contribution < -0.4 is 5.32 Å². The number of nitrogens with one attached hydrogen (secondary N) is 1. The van der Waals surface area contributed by atoms with Gasteiger partial charge < -0.3 is 35.1 Å². The van der Waals surface area contributed by atoms with Gasteiger partial charge in [0.1, 0.15) is 31.0 Å². The summed E-state index contributed by atoms with van der Waals surface area (Å²) in [6, 6.07) is 26.5. The zero-order chi connectivity index (χ0) is 30.6. The number of nitrogens with zero attached hydrogens (tertiary/aromatic N) is 2. The van der Waals surface area contributed by atoms with Crippen molar-refractivity contribution in [2.24, 2.45) is 5.16 Å². The molecule has 3 aromatic rings. The van der Waals surface area contributed by atoms with Gasteiger partial charge in [-0.05, 0) is 41.5 Å². The van der Waals surface area contributed by atoms with Gasteiger partial charge in [-0.2, -0.15) is 0 Å². The summed E-state index contributed by atoms with van der Waals surface area (Å²) < 4.78 is 5.17. The number of hydrogen-bond acceptors (Lipinski definition) is 8. The highest BCUT2D eigenvalue weighted by molar-refractivity contribution is 5.90. The molecule has 1 aliphatic heterocycles. The molecule has 1 fully saturated rings. The summed E-state index contributed by atoms with van der Waals surface area (Å²) in [6.45, 7) is 1.10. The van der Waals surface area contributed by atoms with Gasteiger partial charge in [-0.1, -0.05) is 90.1 Å². The van der Waals surface area contributed by atoms with E-state index < -0.39 is 36.4 Å². The van der Waals surface area contributed by atoms with Crippen molar-refractivity contribution >= 4 is 18.0 Å². The van der Waals surface area contributed by atoms with Crippen LogP contribution in [0.3, 0.4) is 0 Å². The van der Waals surface area contributed by atoms with Crippen LogP contribution in [0.15, 0.2) is 90.1 Å². The number of carbonyl (C=O) groups is 2. The van der Waals surface area contributed by atoms with Crippen molar-refractivity contribution in [1.82, 2.24) is 10.2 Å². The lowest BCUT2D eigenvalue weighted by Gasteiger charge is -2.29. The monoisotopic (exact) mass is 589 g/mol. The first-order chi connectivity index (χ1) is 20.9. The largest absolute Gasteiger partial charge is 0.391 e. The van der Waals surface area contributed by atoms with Crippen LogP contribution in [0.1, 0.15) is 30.4 Å². The standard InChI is InChI=1S/C33H39N3O7/c1-42-31(30(39)29(38)28(37)20-34-43-22-24-10-4-2-5-11-24)32(40)35-27-14-8-9-19-36(33(27)41)21-23-15-17-26(18-16-23)25-12-6-3-7-13-25/h2-7,10-13,15-18,20,27-31,37-39H,8-9,14,19,21-22H2,1H3,(H,35,40)/t27-,28+,29-,30+,31+/m0/s1. The normalized spacial score (nSPS) is 18.5. The van der Waals surface area contributed by atoms with E-state index in [-0.39, 0.29) is 12.5 Å². The third-order valence-electron chi connectivity index (χ3n) is 7.42. The van der Waals surface area contributed by atoms with Crippen LogP contribution in [-0.4, -0.2) is 82.4 Å². The Hall–Kier alpha value is -4.09. The van der Waals surface area contributed by atoms with E-state index in [0.717, 1.165) is 41.3 Å². The minimum Gasteiger partial charge on any atom is -0.391 e. The molecule has 10 nitrogen and oxygen atoms in total. The lowest BCUT2D eigenvalue weighted by atomic mass is 10.0. The van der Waals surface area contributed by atoms with E-state index in [9.17, 15) is 24.9 Å². The van der Waals surface area contributed by atoms with Crippen molar-refractivity contribution < 1.29 is 34.5 Å². The summed E-state index contributed by atoms with van der Waals surface area (Å²) in [5.41, 5.74) is 4.02. The van der Waals surface area contributed by atoms with E-state index in [2.05, 4.69) is 10.5 Å². The highest BCUT2D eigenvalue weighted by Crippen LogP contribution is 2.21. The molecule has 2 amide bonds. The molecule has 228 valence electrons. The molecule has 1 saturated heterocycles. The molecule has 4 rings (SSSR count). The van der Waals surface area contributed by atoms with Gasteiger partial charge in [0, 0.05) is 20.2 Å². The van der Waals surface area contributed by atoms with Gasteiger partial charge >= 0.3 is 0 Å². The second-order valence-electron chi connectivity index (χ2n) is 10.5. The molecule has 0 aromatic heterocycles. The molecular formula is C33H39N3O7. The van der Waals surface area contributed by atoms with E-state index >= 15 is 0 Å². The number of methoxy groups -OCH3 is 1. The van der Waals surface area contributed by atoms with Crippen LogP contribution in [-0.2, 0) is 32.3 Å². The highest BCUT2D eigenvalue weighted by Gasteiger charge is 2.38. The van der Waals surface area contributed by atoms with E-state index in [1.807, 2.05) is 84.9 Å². The Morgan fingerprint density at radius 2 is 1.58 bits per heavy atom. The van der Waals surface area contributed by atoms with Gasteiger partial charge in [-0.3, -0.25) is 9.59 Å². The number of ether oxygens (including phenoxy) is 1. The van der Waals surface area contributed by atoms with Gasteiger partial charge in [0.25, 0.3) is 5.91 Å². The molecule has 0 aliphatic carbocycles. The second kappa shape index (κ2) is 15.9. The van der Waals surface area contributed by atoms with E-state index in [0.29, 0.717) is 19.5 Å². The Morgan fingerprint density at radius 1 is 0.930 bits per heavy atom. The molecule has 43 heavy (non-hydrogen) atoms. The van der Waals surface area contributed by atoms with Crippen molar-refractivity contribution in [1.29, 1.82) is 0 Å². The molecule has 4 N–H and O–H groups in total. The van der Waals surface area contributed by atoms with Gasteiger partial charge in [0.15, 0.2) is 6.10 Å². The van der Waals surface area contributed by atoms with Crippen molar-refractivity contribution in [2.45, 2.75) is 62.9 Å². The first kappa shape index (κ1) is 31.8. The topological polar surface area (TPSA) is 141 Å². The molecule has 5 atom stereocenters. The van der Waals surface area contributed by atoms with Crippen LogP contribution in [0.5, 0.6) is 0 Å². The van der Waals surface area contributed by atoms with Gasteiger partial charge in [0.2, 0.25) is 5.91 Å². The molecule has 1 heterocycles. The molecule has 10 heteroatoms. The maximum atomic E-state index is 13.4. The predicted molar refractivity (Wildman–Crippen MR) is 162 cm³/mol. The van der Waals surface area contributed by atoms with Crippen LogP contribution in [0.4, 0.5) is 0 Å². The average Bonchev–Trinajstić information content (AvgIpc) is 3.20. The predicted octanol–water partition coefficient (Wildman–Crippen LogP) is 2.65. The molecule has 0 spiro atoms. The fraction of sp³-hybridized carbons (Fsp3) is 0.364. The first-order valence-electron chi connectivity index (χ1n) is 14.4. The van der Waals surface area contributed by atoms with Crippen LogP contribution in [0.25, 0.3) is 11.1 Å². The molecule has 1 aliphatic rings. The maximum absolute atomic E-state index is 13.4. The number of hydrogen-bond donors (Lipinski definition) is 4. The summed E-state index contributed by atoms with van der Waals surface area (Å²) in [5.74, 6) is -1.00. The number of amides is 2. The number of oxime groups is 1. The van der Waals surface area contributed by atoms with Crippen LogP contribution >= 0.6 is 0 Å². The summed E-state index contributed by atoms with van der Waals surface area (Å²) in [6.07, 6.45) is -3.93. The molecular weight excluding hydrogens is 550 g/mol. The van der Waals surface area contributed by atoms with E-state index in [1.165, 1.54) is 7.11 Å². The smallest absolute Gasteiger partial charge is 0.252 e. The fourth-order valence-corrected chi connectivity index (χ4v) is 4.97. The molecule has 0 unspecified atom stereocenters. The maximum Gasteiger partial charge on any atom is 0.252 e. The quantitative estimate of drug-likeness (QED) is 0.177. The third-order valence-corrected chi connectivity index (χ3v) is 7.42. The van der Waals surface area contributed by atoms with E-state index in [4.69, 9.17) is 9.57 Å². The summed E-state index contributed by atoms with van der Waals surface area (Å²) in [7, 11) is 1.20. The Labute approximate surface area is 251 Å². The van der Waals surface area contributed by atoms with Crippen LogP contribution in [0.2, 0.25) is 0 Å². The lowest BCUT2D eigenvalue weighted by molar-refractivity contribution is -0.151. The Balaban J connectivity index is 1.32. The lowest BCUT2D eigenvalue weighted by Crippen LogP contribution is -2.56. The highest BCUT2D eigenvalue weighted by atomic mass is 16.6. The second-order valence-corrected chi connectivity index (χ2v) is 10.5. The fourth-order valence-electron chi connectivity index (χ4n) is 4.97. The zero-order valence-corrected chi connectivity index (χ0v) is 24.2. The number of benzene rings is 3. The number of aliphatic hydroxyl groups is 3. The molecule has 3 aromatic carbocycles. The van der Waals surface area contributed by atoms with Gasteiger partial charge in [-0.15, -0.1) is 0 Å². The molecule has 0 bridgehead atoms. The van der Waals surface area contributed by atoms with Crippen molar-refractivity contribution in [2.75, 3.05) is 13.7 Å². The Morgan fingerprint density at radius 3 is 2.26 bits per heavy atom. The zero-order valence-electron chi connectivity index (χ0n) is 24.2. The molecule has 0 radical (unpaired) electrons. The van der Waals surface area contributed by atoms with Gasteiger partial charge in [-0.25, -0.2) is 0 Å². The minimum atomic E-state index is -1.81. The minimum absolute atomic E-state index is 0.150. The van der Waals surface area contributed by atoms with E-state index in [1.54, 1.807) is 4.90 Å². The summed E-state index contributed by atoms with van der Waals surface area (Å²) in [5, 5.41) is 37.7. The number of carbonyl (C=O) groups excluding carboxylic acids is 2. The Kier molecular flexibility index (Phi) is 11.8. The van der Waals surface area contributed by atoms with Crippen LogP contribution in [0, 0.1) is 0 Å². The van der Waals surface area contributed by atoms with Crippen molar-refractivity contribution in [3.8, 4) is 11.1 Å². The van der Waals surface area contributed by atoms with Crippen molar-refractivity contribution in [3.63, 3.8) is 0 Å². The van der Waals surface area contributed by atoms with Gasteiger partial charge in [0.05, 0.1) is 6.21 Å².